The molecule has 1 aliphatic heterocycles. The highest BCUT2D eigenvalue weighted by Gasteiger charge is 2.22. The van der Waals surface area contributed by atoms with Gasteiger partial charge in [-0.2, -0.15) is 0 Å². The van der Waals surface area contributed by atoms with Gasteiger partial charge in [-0.3, -0.25) is 9.00 Å². The predicted octanol–water partition coefficient (Wildman–Crippen LogP) is 3.70. The molecule has 1 amide bonds. The quantitative estimate of drug-likeness (QED) is 0.646. The molecular formula is C22H22N2O5S. The van der Waals surface area contributed by atoms with Crippen molar-refractivity contribution < 1.29 is 22.9 Å². The number of nitrogens with one attached hydrogen (secondary N) is 1. The van der Waals surface area contributed by atoms with Crippen LogP contribution in [0.15, 0.2) is 53.1 Å². The van der Waals surface area contributed by atoms with Crippen LogP contribution in [0.1, 0.15) is 18.2 Å². The van der Waals surface area contributed by atoms with Crippen molar-refractivity contribution in [2.75, 3.05) is 18.5 Å². The number of carbonyl (C=O) groups is 1. The van der Waals surface area contributed by atoms with Gasteiger partial charge in [0, 0.05) is 28.1 Å². The number of fused-ring (bicyclic) bond motifs is 1. The fourth-order valence-corrected chi connectivity index (χ4v) is 3.93. The summed E-state index contributed by atoms with van der Waals surface area (Å²) in [7, 11) is -1.46. The monoisotopic (exact) mass is 426 g/mol. The summed E-state index contributed by atoms with van der Waals surface area (Å²) >= 11 is 0. The van der Waals surface area contributed by atoms with E-state index in [9.17, 15) is 9.00 Å². The lowest BCUT2D eigenvalue weighted by Crippen LogP contribution is -2.29. The lowest BCUT2D eigenvalue weighted by molar-refractivity contribution is -0.115. The zero-order valence-corrected chi connectivity index (χ0v) is 17.5. The van der Waals surface area contributed by atoms with Crippen molar-refractivity contribution in [2.24, 2.45) is 0 Å². The first kappa shape index (κ1) is 20.2. The number of rotatable bonds is 6. The van der Waals surface area contributed by atoms with E-state index in [0.29, 0.717) is 42.0 Å². The number of benzene rings is 2. The first-order valence-electron chi connectivity index (χ1n) is 9.59. The second kappa shape index (κ2) is 8.71. The van der Waals surface area contributed by atoms with Gasteiger partial charge < -0.3 is 19.2 Å². The fraction of sp³-hybridized carbons (Fsp3) is 0.273. The SMILES string of the molecule is Cc1ccc(-c2nc(CS(=O)C(C)C(=O)Nc3ccc4c(c3)OCCO4)co2)cc1. The average molecular weight is 426 g/mol. The van der Waals surface area contributed by atoms with Gasteiger partial charge >= 0.3 is 0 Å². The largest absolute Gasteiger partial charge is 0.486 e. The molecule has 0 aliphatic carbocycles. The van der Waals surface area contributed by atoms with Crippen LogP contribution in [0.5, 0.6) is 11.5 Å². The molecule has 0 spiro atoms. The molecule has 0 saturated carbocycles. The summed E-state index contributed by atoms with van der Waals surface area (Å²) in [6.07, 6.45) is 1.48. The predicted molar refractivity (Wildman–Crippen MR) is 114 cm³/mol. The lowest BCUT2D eigenvalue weighted by atomic mass is 10.1. The third kappa shape index (κ3) is 4.54. The molecule has 156 valence electrons. The Morgan fingerprint density at radius 1 is 1.13 bits per heavy atom. The van der Waals surface area contributed by atoms with Crippen molar-refractivity contribution in [1.29, 1.82) is 0 Å². The molecule has 0 bridgehead atoms. The summed E-state index contributed by atoms with van der Waals surface area (Å²) in [4.78, 5) is 17.0. The van der Waals surface area contributed by atoms with Crippen LogP contribution in [-0.4, -0.2) is 33.6 Å². The zero-order chi connectivity index (χ0) is 21.1. The Morgan fingerprint density at radius 3 is 2.63 bits per heavy atom. The van der Waals surface area contributed by atoms with E-state index in [1.165, 1.54) is 6.26 Å². The number of anilines is 1. The minimum atomic E-state index is -1.46. The summed E-state index contributed by atoms with van der Waals surface area (Å²) in [6.45, 7) is 4.60. The molecule has 4 rings (SSSR count). The van der Waals surface area contributed by atoms with Crippen LogP contribution in [0.3, 0.4) is 0 Å². The maximum absolute atomic E-state index is 12.7. The number of ether oxygens (including phenoxy) is 2. The molecule has 7 nitrogen and oxygen atoms in total. The van der Waals surface area contributed by atoms with E-state index < -0.39 is 16.0 Å². The topological polar surface area (TPSA) is 90.7 Å². The number of oxazole rings is 1. The van der Waals surface area contributed by atoms with Crippen LogP contribution in [0.25, 0.3) is 11.5 Å². The van der Waals surface area contributed by atoms with Crippen LogP contribution in [-0.2, 0) is 21.3 Å². The highest BCUT2D eigenvalue weighted by molar-refractivity contribution is 7.85. The van der Waals surface area contributed by atoms with Gasteiger partial charge in [0.2, 0.25) is 11.8 Å². The highest BCUT2D eigenvalue weighted by Crippen LogP contribution is 2.32. The zero-order valence-electron chi connectivity index (χ0n) is 16.7. The smallest absolute Gasteiger partial charge is 0.239 e. The molecule has 1 N–H and O–H groups in total. The number of hydrogen-bond donors (Lipinski definition) is 1. The maximum Gasteiger partial charge on any atom is 0.239 e. The molecule has 1 aromatic heterocycles. The molecule has 2 heterocycles. The third-order valence-corrected chi connectivity index (χ3v) is 6.30. The van der Waals surface area contributed by atoms with E-state index in [1.807, 2.05) is 31.2 Å². The van der Waals surface area contributed by atoms with Crippen molar-refractivity contribution in [3.05, 3.63) is 60.0 Å². The standard InChI is InChI=1S/C22H22N2O5S/c1-14-3-5-16(6-4-14)22-24-18(12-29-22)13-30(26)15(2)21(25)23-17-7-8-19-20(11-17)28-10-9-27-19/h3-8,11-12,15H,9-10,13H2,1-2H3,(H,23,25). The Labute approximate surface area is 176 Å². The molecule has 1 aliphatic rings. The Balaban J connectivity index is 1.37. The number of amides is 1. The fourth-order valence-electron chi connectivity index (χ4n) is 2.96. The van der Waals surface area contributed by atoms with Crippen LogP contribution < -0.4 is 14.8 Å². The summed E-state index contributed by atoms with van der Waals surface area (Å²) in [5.74, 6) is 1.48. The number of aryl methyl sites for hydroxylation is 1. The first-order chi connectivity index (χ1) is 14.5. The van der Waals surface area contributed by atoms with Crippen LogP contribution in [0.4, 0.5) is 5.69 Å². The van der Waals surface area contributed by atoms with Gasteiger partial charge in [0.15, 0.2) is 11.5 Å². The number of nitrogens with zero attached hydrogens (tertiary/aromatic N) is 1. The molecule has 0 fully saturated rings. The second-order valence-corrected chi connectivity index (χ2v) is 8.78. The van der Waals surface area contributed by atoms with Crippen molar-refractivity contribution in [1.82, 2.24) is 4.98 Å². The van der Waals surface area contributed by atoms with E-state index in [0.717, 1.165) is 11.1 Å². The molecule has 2 unspecified atom stereocenters. The van der Waals surface area contributed by atoms with E-state index in [-0.39, 0.29) is 11.7 Å². The number of aromatic nitrogens is 1. The number of carbonyl (C=O) groups excluding carboxylic acids is 1. The molecule has 0 saturated heterocycles. The van der Waals surface area contributed by atoms with Gasteiger partial charge in [-0.15, -0.1) is 0 Å². The first-order valence-corrected chi connectivity index (χ1v) is 11.0. The maximum atomic E-state index is 12.7. The third-order valence-electron chi connectivity index (χ3n) is 4.71. The Bertz CT molecular complexity index is 1080. The van der Waals surface area contributed by atoms with Crippen LogP contribution in [0, 0.1) is 6.92 Å². The summed E-state index contributed by atoms with van der Waals surface area (Å²) in [5.41, 5.74) is 3.10. The average Bonchev–Trinajstić information content (AvgIpc) is 3.22. The highest BCUT2D eigenvalue weighted by atomic mass is 32.2. The number of hydrogen-bond acceptors (Lipinski definition) is 6. The van der Waals surface area contributed by atoms with Crippen molar-refractivity contribution in [2.45, 2.75) is 24.9 Å². The molecule has 3 aromatic rings. The Kier molecular flexibility index (Phi) is 5.85. The van der Waals surface area contributed by atoms with E-state index in [4.69, 9.17) is 13.9 Å². The summed E-state index contributed by atoms with van der Waals surface area (Å²) < 4.78 is 29.2. The van der Waals surface area contributed by atoms with Gasteiger partial charge in [0.1, 0.15) is 24.7 Å². The molecule has 0 radical (unpaired) electrons. The minimum Gasteiger partial charge on any atom is -0.486 e. The van der Waals surface area contributed by atoms with Gasteiger partial charge in [-0.25, -0.2) is 4.98 Å². The Morgan fingerprint density at radius 2 is 1.87 bits per heavy atom. The second-order valence-electron chi connectivity index (χ2n) is 7.03. The van der Waals surface area contributed by atoms with Crippen molar-refractivity contribution in [3.63, 3.8) is 0 Å². The lowest BCUT2D eigenvalue weighted by Gasteiger charge is -2.19. The summed E-state index contributed by atoms with van der Waals surface area (Å²) in [6, 6.07) is 13.0. The van der Waals surface area contributed by atoms with Crippen molar-refractivity contribution in [3.8, 4) is 23.0 Å². The van der Waals surface area contributed by atoms with Crippen LogP contribution in [0.2, 0.25) is 0 Å². The van der Waals surface area contributed by atoms with E-state index >= 15 is 0 Å². The molecule has 2 atom stereocenters. The van der Waals surface area contributed by atoms with Gasteiger partial charge in [-0.05, 0) is 38.1 Å². The summed E-state index contributed by atoms with van der Waals surface area (Å²) in [5, 5.41) is 2.06. The van der Waals surface area contributed by atoms with E-state index in [2.05, 4.69) is 10.3 Å². The molecule has 30 heavy (non-hydrogen) atoms. The van der Waals surface area contributed by atoms with Gasteiger partial charge in [-0.1, -0.05) is 17.7 Å². The molecule has 8 heteroatoms. The van der Waals surface area contributed by atoms with Gasteiger partial charge in [0.25, 0.3) is 0 Å². The molecular weight excluding hydrogens is 404 g/mol. The van der Waals surface area contributed by atoms with Gasteiger partial charge in [0.05, 0.1) is 11.4 Å². The van der Waals surface area contributed by atoms with Crippen molar-refractivity contribution >= 4 is 22.4 Å². The molecule has 2 aromatic carbocycles. The van der Waals surface area contributed by atoms with E-state index in [1.54, 1.807) is 25.1 Å². The Hall–Kier alpha value is -3.13. The minimum absolute atomic E-state index is 0.130. The normalized spacial score (nSPS) is 14.7. The van der Waals surface area contributed by atoms with Crippen LogP contribution >= 0.6 is 0 Å².